The number of nitro benzene ring substituents is 1. The van der Waals surface area contributed by atoms with Gasteiger partial charge in [-0.05, 0) is 54.7 Å². The standard InChI is InChI=1S/C22H22F3N3O4/c23-22(24,25)17-5-7-19(20(13-17)28(30)31)26-8-10-27(11-9-26)21(29)14-32-18-6-4-15-2-1-3-16(15)12-18/h4-7,12-13H,1-3,8-11,14H2. The maximum Gasteiger partial charge on any atom is 0.416 e. The Morgan fingerprint density at radius 1 is 1.03 bits per heavy atom. The number of ether oxygens (including phenoxy) is 1. The minimum absolute atomic E-state index is 0.112. The van der Waals surface area contributed by atoms with Gasteiger partial charge in [0.2, 0.25) is 0 Å². The molecule has 0 N–H and O–H groups in total. The molecule has 1 heterocycles. The first kappa shape index (κ1) is 21.9. The number of fused-ring (bicyclic) bond motifs is 1. The van der Waals surface area contributed by atoms with E-state index in [1.54, 1.807) is 9.80 Å². The second kappa shape index (κ2) is 8.68. The molecule has 0 bridgehead atoms. The Labute approximate surface area is 182 Å². The maximum absolute atomic E-state index is 12.9. The Kier molecular flexibility index (Phi) is 5.94. The number of hydrogen-bond acceptors (Lipinski definition) is 5. The molecule has 1 fully saturated rings. The normalized spacial score (nSPS) is 16.1. The van der Waals surface area contributed by atoms with Crippen LogP contribution in [0, 0.1) is 10.1 Å². The number of anilines is 1. The van der Waals surface area contributed by atoms with Crippen molar-refractivity contribution in [2.75, 3.05) is 37.7 Å². The number of nitrogens with zero attached hydrogens (tertiary/aromatic N) is 3. The molecule has 0 spiro atoms. The lowest BCUT2D eigenvalue weighted by Crippen LogP contribution is -2.50. The minimum Gasteiger partial charge on any atom is -0.484 e. The average Bonchev–Trinajstić information content (AvgIpc) is 3.24. The van der Waals surface area contributed by atoms with Crippen LogP contribution in [0.2, 0.25) is 0 Å². The molecule has 32 heavy (non-hydrogen) atoms. The summed E-state index contributed by atoms with van der Waals surface area (Å²) in [5, 5.41) is 11.3. The van der Waals surface area contributed by atoms with Crippen LogP contribution in [0.5, 0.6) is 5.75 Å². The van der Waals surface area contributed by atoms with Crippen molar-refractivity contribution < 1.29 is 27.6 Å². The first-order chi connectivity index (χ1) is 15.2. The number of nitro groups is 1. The molecule has 4 rings (SSSR count). The topological polar surface area (TPSA) is 75.9 Å². The quantitative estimate of drug-likeness (QED) is 0.512. The molecule has 2 aromatic carbocycles. The lowest BCUT2D eigenvalue weighted by Gasteiger charge is -2.35. The van der Waals surface area contributed by atoms with E-state index in [-0.39, 0.29) is 31.3 Å². The van der Waals surface area contributed by atoms with E-state index in [2.05, 4.69) is 0 Å². The zero-order valence-corrected chi connectivity index (χ0v) is 17.2. The van der Waals surface area contributed by atoms with Gasteiger partial charge in [-0.3, -0.25) is 14.9 Å². The van der Waals surface area contributed by atoms with Crippen LogP contribution >= 0.6 is 0 Å². The second-order valence-electron chi connectivity index (χ2n) is 7.90. The molecule has 2 aromatic rings. The zero-order chi connectivity index (χ0) is 22.9. The van der Waals surface area contributed by atoms with Gasteiger partial charge in [-0.1, -0.05) is 6.07 Å². The summed E-state index contributed by atoms with van der Waals surface area (Å²) >= 11 is 0. The average molecular weight is 449 g/mol. The Bertz CT molecular complexity index is 1030. The van der Waals surface area contributed by atoms with Crippen LogP contribution < -0.4 is 9.64 Å². The maximum atomic E-state index is 12.9. The van der Waals surface area contributed by atoms with Gasteiger partial charge < -0.3 is 14.5 Å². The van der Waals surface area contributed by atoms with Gasteiger partial charge in [-0.15, -0.1) is 0 Å². The van der Waals surface area contributed by atoms with Crippen LogP contribution in [0.4, 0.5) is 24.5 Å². The van der Waals surface area contributed by atoms with E-state index in [1.807, 2.05) is 18.2 Å². The molecular weight excluding hydrogens is 427 g/mol. The molecule has 170 valence electrons. The number of carbonyl (C=O) groups is 1. The number of amides is 1. The molecule has 0 aromatic heterocycles. The fourth-order valence-electron chi connectivity index (χ4n) is 4.18. The largest absolute Gasteiger partial charge is 0.484 e. The summed E-state index contributed by atoms with van der Waals surface area (Å²) in [6.45, 7) is 1.03. The molecule has 0 unspecified atom stereocenters. The first-order valence-electron chi connectivity index (χ1n) is 10.4. The summed E-state index contributed by atoms with van der Waals surface area (Å²) in [6.07, 6.45) is -1.46. The van der Waals surface area contributed by atoms with Gasteiger partial charge in [0, 0.05) is 32.2 Å². The first-order valence-corrected chi connectivity index (χ1v) is 10.4. The lowest BCUT2D eigenvalue weighted by atomic mass is 10.1. The van der Waals surface area contributed by atoms with Crippen LogP contribution in [0.1, 0.15) is 23.1 Å². The van der Waals surface area contributed by atoms with Crippen LogP contribution in [-0.4, -0.2) is 48.5 Å². The van der Waals surface area contributed by atoms with Crippen molar-refractivity contribution in [1.29, 1.82) is 0 Å². The molecule has 0 saturated carbocycles. The van der Waals surface area contributed by atoms with Gasteiger partial charge in [0.15, 0.2) is 6.61 Å². The van der Waals surface area contributed by atoms with Crippen LogP contribution in [-0.2, 0) is 23.8 Å². The number of piperazine rings is 1. The minimum atomic E-state index is -4.66. The van der Waals surface area contributed by atoms with Gasteiger partial charge in [0.05, 0.1) is 10.5 Å². The van der Waals surface area contributed by atoms with Crippen LogP contribution in [0.15, 0.2) is 36.4 Å². The predicted octanol–water partition coefficient (Wildman–Crippen LogP) is 3.83. The summed E-state index contributed by atoms with van der Waals surface area (Å²) in [4.78, 5) is 26.3. The SMILES string of the molecule is O=C(COc1ccc2c(c1)CCC2)N1CCN(c2ccc(C(F)(F)F)cc2[N+](=O)[O-])CC1. The molecule has 0 radical (unpaired) electrons. The predicted molar refractivity (Wildman–Crippen MR) is 111 cm³/mol. The van der Waals surface area contributed by atoms with E-state index in [0.29, 0.717) is 24.9 Å². The molecule has 1 aliphatic carbocycles. The summed E-state index contributed by atoms with van der Waals surface area (Å²) in [5.41, 5.74) is 1.02. The summed E-state index contributed by atoms with van der Waals surface area (Å²) in [6, 6.07) is 8.37. The van der Waals surface area contributed by atoms with Crippen molar-refractivity contribution in [3.8, 4) is 5.75 Å². The fraction of sp³-hybridized carbons (Fsp3) is 0.409. The van der Waals surface area contributed by atoms with Crippen molar-refractivity contribution >= 4 is 17.3 Å². The van der Waals surface area contributed by atoms with E-state index >= 15 is 0 Å². The van der Waals surface area contributed by atoms with Gasteiger partial charge >= 0.3 is 6.18 Å². The molecule has 1 amide bonds. The van der Waals surface area contributed by atoms with Gasteiger partial charge in [-0.25, -0.2) is 0 Å². The highest BCUT2D eigenvalue weighted by molar-refractivity contribution is 5.78. The van der Waals surface area contributed by atoms with E-state index < -0.39 is 22.4 Å². The smallest absolute Gasteiger partial charge is 0.416 e. The highest BCUT2D eigenvalue weighted by atomic mass is 19.4. The number of aryl methyl sites for hydroxylation is 2. The molecule has 2 aliphatic rings. The van der Waals surface area contributed by atoms with Gasteiger partial charge in [0.25, 0.3) is 11.6 Å². The molecule has 10 heteroatoms. The van der Waals surface area contributed by atoms with E-state index in [4.69, 9.17) is 4.74 Å². The number of carbonyl (C=O) groups excluding carboxylic acids is 1. The number of benzene rings is 2. The van der Waals surface area contributed by atoms with Crippen molar-refractivity contribution in [2.24, 2.45) is 0 Å². The molecule has 7 nitrogen and oxygen atoms in total. The summed E-state index contributed by atoms with van der Waals surface area (Å²) < 4.78 is 44.4. The van der Waals surface area contributed by atoms with E-state index in [0.717, 1.165) is 31.4 Å². The molecular formula is C22H22F3N3O4. The third-order valence-corrected chi connectivity index (χ3v) is 5.90. The fourth-order valence-corrected chi connectivity index (χ4v) is 4.18. The highest BCUT2D eigenvalue weighted by Gasteiger charge is 2.34. The summed E-state index contributed by atoms with van der Waals surface area (Å²) in [5.74, 6) is 0.449. The number of rotatable bonds is 5. The third kappa shape index (κ3) is 4.63. The molecule has 1 saturated heterocycles. The Hall–Kier alpha value is -3.30. The van der Waals surface area contributed by atoms with Crippen molar-refractivity contribution in [2.45, 2.75) is 25.4 Å². The van der Waals surface area contributed by atoms with E-state index in [1.165, 1.54) is 11.1 Å². The third-order valence-electron chi connectivity index (χ3n) is 5.90. The van der Waals surface area contributed by atoms with Crippen molar-refractivity contribution in [3.05, 3.63) is 63.2 Å². The zero-order valence-electron chi connectivity index (χ0n) is 17.2. The lowest BCUT2D eigenvalue weighted by molar-refractivity contribution is -0.384. The Morgan fingerprint density at radius 3 is 2.44 bits per heavy atom. The number of alkyl halides is 3. The van der Waals surface area contributed by atoms with Crippen molar-refractivity contribution in [1.82, 2.24) is 4.90 Å². The van der Waals surface area contributed by atoms with Crippen LogP contribution in [0.25, 0.3) is 0 Å². The highest BCUT2D eigenvalue weighted by Crippen LogP contribution is 2.36. The number of halogens is 3. The summed E-state index contributed by atoms with van der Waals surface area (Å²) in [7, 11) is 0. The van der Waals surface area contributed by atoms with Gasteiger partial charge in [0.1, 0.15) is 11.4 Å². The molecule has 0 atom stereocenters. The van der Waals surface area contributed by atoms with Crippen molar-refractivity contribution in [3.63, 3.8) is 0 Å². The van der Waals surface area contributed by atoms with Crippen LogP contribution in [0.3, 0.4) is 0 Å². The van der Waals surface area contributed by atoms with Gasteiger partial charge in [-0.2, -0.15) is 13.2 Å². The number of hydrogen-bond donors (Lipinski definition) is 0. The Balaban J connectivity index is 1.35. The second-order valence-corrected chi connectivity index (χ2v) is 7.90. The van der Waals surface area contributed by atoms with E-state index in [9.17, 15) is 28.1 Å². The Morgan fingerprint density at radius 2 is 1.75 bits per heavy atom. The monoisotopic (exact) mass is 449 g/mol. The molecule has 1 aliphatic heterocycles.